The Bertz CT molecular complexity index is 718. The van der Waals surface area contributed by atoms with Crippen molar-refractivity contribution in [2.75, 3.05) is 6.61 Å². The minimum absolute atomic E-state index is 0.299. The van der Waals surface area contributed by atoms with Crippen molar-refractivity contribution in [3.05, 3.63) is 47.3 Å². The zero-order valence-electron chi connectivity index (χ0n) is 12.4. The first-order valence-corrected chi connectivity index (χ1v) is 7.06. The molecular weight excluding hydrogens is 284 g/mol. The molecule has 0 unspecified atom stereocenters. The second-order valence-corrected chi connectivity index (χ2v) is 5.24. The van der Waals surface area contributed by atoms with Gasteiger partial charge in [0.15, 0.2) is 0 Å². The first-order chi connectivity index (χ1) is 10.5. The van der Waals surface area contributed by atoms with Gasteiger partial charge in [-0.3, -0.25) is 0 Å². The maximum Gasteiger partial charge on any atom is 0.347 e. The van der Waals surface area contributed by atoms with Gasteiger partial charge in [-0.2, -0.15) is 5.10 Å². The monoisotopic (exact) mass is 300 g/mol. The number of rotatable bonds is 3. The third-order valence-electron chi connectivity index (χ3n) is 3.49. The summed E-state index contributed by atoms with van der Waals surface area (Å²) in [6, 6.07) is 8.89. The highest BCUT2D eigenvalue weighted by atomic mass is 16.6. The minimum atomic E-state index is -0.789. The van der Waals surface area contributed by atoms with E-state index in [1.165, 1.54) is 0 Å². The summed E-state index contributed by atoms with van der Waals surface area (Å²) in [7, 11) is 0. The lowest BCUT2D eigenvalue weighted by molar-refractivity contribution is -0.145. The predicted molar refractivity (Wildman–Crippen MR) is 77.8 cm³/mol. The van der Waals surface area contributed by atoms with Crippen LogP contribution in [-0.2, 0) is 14.3 Å². The number of esters is 2. The summed E-state index contributed by atoms with van der Waals surface area (Å²) in [4.78, 5) is 23.3. The van der Waals surface area contributed by atoms with E-state index < -0.39 is 18.0 Å². The second-order valence-electron chi connectivity index (χ2n) is 5.24. The van der Waals surface area contributed by atoms with Crippen LogP contribution in [0.25, 0.3) is 5.69 Å². The molecule has 1 atom stereocenters. The normalized spacial score (nSPS) is 17.4. The predicted octanol–water partition coefficient (Wildman–Crippen LogP) is 1.96. The van der Waals surface area contributed by atoms with E-state index in [1.54, 1.807) is 28.9 Å². The number of ether oxygens (including phenoxy) is 2. The molecule has 1 aromatic carbocycles. The summed E-state index contributed by atoms with van der Waals surface area (Å²) in [5.74, 6) is -1.00. The fourth-order valence-corrected chi connectivity index (χ4v) is 2.41. The Morgan fingerprint density at radius 2 is 2.05 bits per heavy atom. The van der Waals surface area contributed by atoms with Crippen LogP contribution < -0.4 is 0 Å². The highest BCUT2D eigenvalue weighted by molar-refractivity contribution is 5.91. The van der Waals surface area contributed by atoms with Crippen LogP contribution in [0.5, 0.6) is 0 Å². The average Bonchev–Trinajstić information content (AvgIpc) is 3.05. The van der Waals surface area contributed by atoms with Crippen molar-refractivity contribution < 1.29 is 19.1 Å². The van der Waals surface area contributed by atoms with Gasteiger partial charge in [-0.05, 0) is 44.2 Å². The van der Waals surface area contributed by atoms with Gasteiger partial charge in [-0.15, -0.1) is 0 Å². The van der Waals surface area contributed by atoms with Crippen LogP contribution in [0.15, 0.2) is 30.3 Å². The van der Waals surface area contributed by atoms with Gasteiger partial charge in [0.1, 0.15) is 0 Å². The number of hydrogen-bond donors (Lipinski definition) is 0. The second kappa shape index (κ2) is 5.63. The van der Waals surface area contributed by atoms with Gasteiger partial charge in [-0.25, -0.2) is 14.3 Å². The molecule has 1 aliphatic rings. The molecular formula is C16H16N2O4. The van der Waals surface area contributed by atoms with Gasteiger partial charge in [0, 0.05) is 12.1 Å². The molecule has 0 amide bonds. The van der Waals surface area contributed by atoms with Crippen molar-refractivity contribution in [3.63, 3.8) is 0 Å². The summed E-state index contributed by atoms with van der Waals surface area (Å²) in [5.41, 5.74) is 3.20. The number of carbonyl (C=O) groups is 2. The van der Waals surface area contributed by atoms with Gasteiger partial charge < -0.3 is 9.47 Å². The molecule has 6 nitrogen and oxygen atoms in total. The van der Waals surface area contributed by atoms with Crippen LogP contribution in [0.1, 0.15) is 28.2 Å². The molecule has 2 heterocycles. The van der Waals surface area contributed by atoms with Crippen molar-refractivity contribution in [1.82, 2.24) is 9.78 Å². The third kappa shape index (κ3) is 2.72. The summed E-state index contributed by atoms with van der Waals surface area (Å²) in [5, 5.41) is 4.39. The molecule has 1 saturated heterocycles. The zero-order chi connectivity index (χ0) is 15.7. The summed E-state index contributed by atoms with van der Waals surface area (Å²) < 4.78 is 11.7. The first kappa shape index (κ1) is 14.3. The van der Waals surface area contributed by atoms with Crippen LogP contribution in [0.2, 0.25) is 0 Å². The van der Waals surface area contributed by atoms with Crippen LogP contribution in [0.3, 0.4) is 0 Å². The summed E-state index contributed by atoms with van der Waals surface area (Å²) in [6.45, 7) is 4.19. The van der Waals surface area contributed by atoms with Crippen LogP contribution in [0, 0.1) is 13.8 Å². The molecule has 22 heavy (non-hydrogen) atoms. The Morgan fingerprint density at radius 3 is 2.59 bits per heavy atom. The number of aryl methyl sites for hydroxylation is 2. The Labute approximate surface area is 127 Å². The molecule has 0 N–H and O–H groups in total. The highest BCUT2D eigenvalue weighted by Crippen LogP contribution is 2.16. The fraction of sp³-hybridized carbons (Fsp3) is 0.312. The molecule has 0 radical (unpaired) electrons. The maximum atomic E-state index is 12.0. The lowest BCUT2D eigenvalue weighted by Gasteiger charge is -2.09. The standard InChI is InChI=1S/C16H16N2O4/c1-10-9-11(2)18(17-10)13-5-3-12(4-6-13)15(19)22-14-7-8-21-16(14)20/h3-6,9,14H,7-8H2,1-2H3/t14-/m1/s1. The topological polar surface area (TPSA) is 70.4 Å². The number of cyclic esters (lactones) is 1. The smallest absolute Gasteiger partial charge is 0.347 e. The van der Waals surface area contributed by atoms with Crippen molar-refractivity contribution in [2.45, 2.75) is 26.4 Å². The Hall–Kier alpha value is -2.63. The van der Waals surface area contributed by atoms with Crippen molar-refractivity contribution in [3.8, 4) is 5.69 Å². The van der Waals surface area contributed by atoms with Gasteiger partial charge in [-0.1, -0.05) is 0 Å². The molecule has 0 bridgehead atoms. The van der Waals surface area contributed by atoms with Crippen LogP contribution in [-0.4, -0.2) is 34.4 Å². The Kier molecular flexibility index (Phi) is 3.66. The van der Waals surface area contributed by atoms with Crippen molar-refractivity contribution in [1.29, 1.82) is 0 Å². The van der Waals surface area contributed by atoms with E-state index in [2.05, 4.69) is 5.10 Å². The molecule has 3 rings (SSSR count). The lowest BCUT2D eigenvalue weighted by Crippen LogP contribution is -2.22. The first-order valence-electron chi connectivity index (χ1n) is 7.06. The molecule has 0 aliphatic carbocycles. The molecule has 1 fully saturated rings. The van der Waals surface area contributed by atoms with E-state index in [-0.39, 0.29) is 0 Å². The SMILES string of the molecule is Cc1cc(C)n(-c2ccc(C(=O)O[C@@H]3CCOC3=O)cc2)n1. The van der Waals surface area contributed by atoms with E-state index in [4.69, 9.17) is 9.47 Å². The zero-order valence-corrected chi connectivity index (χ0v) is 12.4. The summed E-state index contributed by atoms with van der Waals surface area (Å²) in [6.07, 6.45) is -0.378. The molecule has 6 heteroatoms. The number of hydrogen-bond acceptors (Lipinski definition) is 5. The van der Waals surface area contributed by atoms with Gasteiger partial charge >= 0.3 is 11.9 Å². The van der Waals surface area contributed by atoms with Crippen LogP contribution in [0.4, 0.5) is 0 Å². The Morgan fingerprint density at radius 1 is 1.32 bits per heavy atom. The average molecular weight is 300 g/mol. The molecule has 2 aromatic rings. The molecule has 1 aromatic heterocycles. The van der Waals surface area contributed by atoms with E-state index in [1.807, 2.05) is 19.9 Å². The number of benzene rings is 1. The van der Waals surface area contributed by atoms with Crippen molar-refractivity contribution >= 4 is 11.9 Å². The summed E-state index contributed by atoms with van der Waals surface area (Å²) >= 11 is 0. The molecule has 0 saturated carbocycles. The largest absolute Gasteiger partial charge is 0.463 e. The molecule has 114 valence electrons. The van der Waals surface area contributed by atoms with Crippen LogP contribution >= 0.6 is 0 Å². The third-order valence-corrected chi connectivity index (χ3v) is 3.49. The molecule has 0 spiro atoms. The Balaban J connectivity index is 1.75. The van der Waals surface area contributed by atoms with E-state index in [0.717, 1.165) is 17.1 Å². The van der Waals surface area contributed by atoms with Crippen molar-refractivity contribution in [2.24, 2.45) is 0 Å². The van der Waals surface area contributed by atoms with E-state index in [0.29, 0.717) is 18.6 Å². The number of carbonyl (C=O) groups excluding carboxylic acids is 2. The van der Waals surface area contributed by atoms with Gasteiger partial charge in [0.25, 0.3) is 0 Å². The quantitative estimate of drug-likeness (QED) is 0.810. The number of nitrogens with zero attached hydrogens (tertiary/aromatic N) is 2. The van der Waals surface area contributed by atoms with E-state index >= 15 is 0 Å². The fourth-order valence-electron chi connectivity index (χ4n) is 2.41. The highest BCUT2D eigenvalue weighted by Gasteiger charge is 2.30. The van der Waals surface area contributed by atoms with Gasteiger partial charge in [0.2, 0.25) is 6.10 Å². The minimum Gasteiger partial charge on any atom is -0.463 e. The maximum absolute atomic E-state index is 12.0. The lowest BCUT2D eigenvalue weighted by atomic mass is 10.2. The molecule has 1 aliphatic heterocycles. The van der Waals surface area contributed by atoms with E-state index in [9.17, 15) is 9.59 Å². The van der Waals surface area contributed by atoms with Gasteiger partial charge in [0.05, 0.1) is 23.6 Å². The number of aromatic nitrogens is 2.